The highest BCUT2D eigenvalue weighted by Gasteiger charge is 2.14. The zero-order valence-electron chi connectivity index (χ0n) is 19.8. The summed E-state index contributed by atoms with van der Waals surface area (Å²) in [6.07, 6.45) is 3.28. The molecule has 3 rings (SSSR count). The molecular weight excluding hydrogens is 418 g/mol. The summed E-state index contributed by atoms with van der Waals surface area (Å²) >= 11 is 0. The summed E-state index contributed by atoms with van der Waals surface area (Å²) in [4.78, 5) is 14.5. The maximum absolute atomic E-state index is 12.4. The number of benzene rings is 2. The third kappa shape index (κ3) is 6.46. The van der Waals surface area contributed by atoms with E-state index in [1.807, 2.05) is 64.3 Å². The number of rotatable bonds is 10. The van der Waals surface area contributed by atoms with E-state index in [-0.39, 0.29) is 11.9 Å². The van der Waals surface area contributed by atoms with E-state index < -0.39 is 0 Å². The Morgan fingerprint density at radius 2 is 1.91 bits per heavy atom. The molecule has 0 spiro atoms. The second-order valence-corrected chi connectivity index (χ2v) is 7.97. The third-order valence-electron chi connectivity index (χ3n) is 5.45. The van der Waals surface area contributed by atoms with Crippen molar-refractivity contribution in [3.05, 3.63) is 82.8 Å². The monoisotopic (exact) mass is 449 g/mol. The Morgan fingerprint density at radius 1 is 1.15 bits per heavy atom. The summed E-state index contributed by atoms with van der Waals surface area (Å²) in [6.45, 7) is 4.59. The van der Waals surface area contributed by atoms with Crippen LogP contribution in [0.5, 0.6) is 11.5 Å². The highest BCUT2D eigenvalue weighted by atomic mass is 16.5. The van der Waals surface area contributed by atoms with E-state index in [0.29, 0.717) is 24.7 Å². The molecule has 1 unspecified atom stereocenters. The molecule has 7 nitrogen and oxygen atoms in total. The second kappa shape index (κ2) is 11.3. The fraction of sp³-hybridized carbons (Fsp3) is 0.308. The van der Waals surface area contributed by atoms with Gasteiger partial charge in [-0.25, -0.2) is 0 Å². The van der Waals surface area contributed by atoms with Gasteiger partial charge in [-0.15, -0.1) is 0 Å². The molecule has 7 heteroatoms. The van der Waals surface area contributed by atoms with Gasteiger partial charge in [-0.05, 0) is 57.3 Å². The van der Waals surface area contributed by atoms with Crippen LogP contribution in [0.1, 0.15) is 34.2 Å². The van der Waals surface area contributed by atoms with Crippen molar-refractivity contribution in [2.75, 3.05) is 27.7 Å². The van der Waals surface area contributed by atoms with Gasteiger partial charge in [0.05, 0.1) is 24.4 Å². The van der Waals surface area contributed by atoms with Crippen LogP contribution in [0.15, 0.2) is 59.1 Å². The third-order valence-corrected chi connectivity index (χ3v) is 5.45. The van der Waals surface area contributed by atoms with E-state index >= 15 is 0 Å². The van der Waals surface area contributed by atoms with Crippen LogP contribution in [-0.4, -0.2) is 43.7 Å². The van der Waals surface area contributed by atoms with Gasteiger partial charge in [-0.2, -0.15) is 0 Å². The molecule has 1 N–H and O–H groups in total. The van der Waals surface area contributed by atoms with Gasteiger partial charge >= 0.3 is 0 Å². The number of amides is 1. The first-order chi connectivity index (χ1) is 15.9. The molecule has 0 saturated heterocycles. The zero-order chi connectivity index (χ0) is 23.8. The Bertz CT molecular complexity index is 1070. The van der Waals surface area contributed by atoms with E-state index in [2.05, 4.69) is 27.5 Å². The van der Waals surface area contributed by atoms with Crippen molar-refractivity contribution in [2.24, 2.45) is 0 Å². The Kier molecular flexibility index (Phi) is 8.27. The van der Waals surface area contributed by atoms with E-state index in [4.69, 9.17) is 14.0 Å². The number of ether oxygens (including phenoxy) is 2. The lowest BCUT2D eigenvalue weighted by atomic mass is 10.1. The number of likely N-dealkylation sites (N-methyl/N-ethyl adjacent to an activating group) is 1. The summed E-state index contributed by atoms with van der Waals surface area (Å²) in [5.41, 5.74) is 3.72. The first kappa shape index (κ1) is 24.1. The molecule has 0 aliphatic heterocycles. The Labute approximate surface area is 195 Å². The highest BCUT2D eigenvalue weighted by molar-refractivity contribution is 5.91. The molecule has 1 aromatic heterocycles. The van der Waals surface area contributed by atoms with Crippen LogP contribution in [0.3, 0.4) is 0 Å². The van der Waals surface area contributed by atoms with Gasteiger partial charge in [0.2, 0.25) is 5.91 Å². The van der Waals surface area contributed by atoms with Crippen molar-refractivity contribution < 1.29 is 18.8 Å². The molecule has 0 radical (unpaired) electrons. The molecule has 0 aliphatic rings. The van der Waals surface area contributed by atoms with Crippen molar-refractivity contribution >= 4 is 12.0 Å². The number of aryl methyl sites for hydroxylation is 2. The smallest absolute Gasteiger partial charge is 0.244 e. The van der Waals surface area contributed by atoms with Crippen molar-refractivity contribution in [3.8, 4) is 11.5 Å². The van der Waals surface area contributed by atoms with Gasteiger partial charge in [-0.3, -0.25) is 4.79 Å². The van der Waals surface area contributed by atoms with E-state index in [1.165, 1.54) is 6.08 Å². The van der Waals surface area contributed by atoms with Crippen LogP contribution in [0.4, 0.5) is 0 Å². The summed E-state index contributed by atoms with van der Waals surface area (Å²) in [6, 6.07) is 15.7. The molecule has 3 aromatic rings. The lowest BCUT2D eigenvalue weighted by Crippen LogP contribution is -2.33. The average Bonchev–Trinajstić information content (AvgIpc) is 3.14. The number of aromatic nitrogens is 1. The van der Waals surface area contributed by atoms with Gasteiger partial charge in [0.25, 0.3) is 0 Å². The number of hydrogen-bond donors (Lipinski definition) is 1. The largest absolute Gasteiger partial charge is 0.493 e. The average molecular weight is 450 g/mol. The fourth-order valence-electron chi connectivity index (χ4n) is 3.47. The topological polar surface area (TPSA) is 76.8 Å². The summed E-state index contributed by atoms with van der Waals surface area (Å²) in [7, 11) is 5.59. The van der Waals surface area contributed by atoms with Gasteiger partial charge in [0.15, 0.2) is 11.5 Å². The number of hydrogen-bond acceptors (Lipinski definition) is 6. The maximum Gasteiger partial charge on any atom is 0.244 e. The van der Waals surface area contributed by atoms with Crippen molar-refractivity contribution in [3.63, 3.8) is 0 Å². The highest BCUT2D eigenvalue weighted by Crippen LogP contribution is 2.30. The normalized spacial score (nSPS) is 12.2. The molecule has 1 heterocycles. The van der Waals surface area contributed by atoms with Crippen LogP contribution in [0.2, 0.25) is 0 Å². The Morgan fingerprint density at radius 3 is 2.55 bits per heavy atom. The van der Waals surface area contributed by atoms with Crippen LogP contribution in [-0.2, 0) is 11.4 Å². The van der Waals surface area contributed by atoms with Crippen molar-refractivity contribution in [1.82, 2.24) is 15.4 Å². The van der Waals surface area contributed by atoms with Gasteiger partial charge in [0, 0.05) is 12.6 Å². The van der Waals surface area contributed by atoms with Crippen LogP contribution in [0, 0.1) is 13.8 Å². The van der Waals surface area contributed by atoms with Crippen LogP contribution >= 0.6 is 0 Å². The minimum absolute atomic E-state index is 0.0952. The molecule has 174 valence electrons. The molecule has 0 aliphatic carbocycles. The van der Waals surface area contributed by atoms with Gasteiger partial charge in [-0.1, -0.05) is 41.6 Å². The van der Waals surface area contributed by atoms with E-state index in [9.17, 15) is 4.79 Å². The van der Waals surface area contributed by atoms with Crippen LogP contribution in [0.25, 0.3) is 6.08 Å². The summed E-state index contributed by atoms with van der Waals surface area (Å²) in [5.74, 6) is 1.77. The number of carbonyl (C=O) groups is 1. The number of carbonyl (C=O) groups excluding carboxylic acids is 1. The molecule has 0 saturated carbocycles. The van der Waals surface area contributed by atoms with E-state index in [0.717, 1.165) is 28.1 Å². The molecule has 1 amide bonds. The molecule has 0 fully saturated rings. The number of nitrogens with zero attached hydrogens (tertiary/aromatic N) is 2. The number of methoxy groups -OCH3 is 1. The van der Waals surface area contributed by atoms with Crippen LogP contribution < -0.4 is 14.8 Å². The molecule has 0 bridgehead atoms. The summed E-state index contributed by atoms with van der Waals surface area (Å²) < 4.78 is 16.6. The molecule has 33 heavy (non-hydrogen) atoms. The van der Waals surface area contributed by atoms with E-state index in [1.54, 1.807) is 13.2 Å². The quantitative estimate of drug-likeness (QED) is 0.465. The minimum Gasteiger partial charge on any atom is -0.493 e. The van der Waals surface area contributed by atoms with Gasteiger partial charge in [0.1, 0.15) is 12.4 Å². The van der Waals surface area contributed by atoms with Crippen molar-refractivity contribution in [2.45, 2.75) is 26.5 Å². The van der Waals surface area contributed by atoms with Gasteiger partial charge < -0.3 is 24.2 Å². The zero-order valence-corrected chi connectivity index (χ0v) is 19.8. The lowest BCUT2D eigenvalue weighted by Gasteiger charge is -2.24. The molecular formula is C26H31N3O4. The maximum atomic E-state index is 12.4. The molecule has 2 aromatic carbocycles. The second-order valence-electron chi connectivity index (χ2n) is 7.97. The molecule has 1 atom stereocenters. The first-order valence-corrected chi connectivity index (χ1v) is 10.8. The predicted molar refractivity (Wildman–Crippen MR) is 128 cm³/mol. The predicted octanol–water partition coefficient (Wildman–Crippen LogP) is 4.31. The Hall–Kier alpha value is -3.58. The minimum atomic E-state index is -0.157. The SMILES string of the molecule is COc1cc(/C=C/C(=O)NCC(c2ccccc2)N(C)C)ccc1OCc1c(C)noc1C. The van der Waals surface area contributed by atoms with Crippen molar-refractivity contribution in [1.29, 1.82) is 0 Å². The fourth-order valence-corrected chi connectivity index (χ4v) is 3.47. The summed E-state index contributed by atoms with van der Waals surface area (Å²) in [5, 5.41) is 6.92. The standard InChI is InChI=1S/C26H31N3O4/c1-18-22(19(2)33-28-18)17-32-24-13-11-20(15-25(24)31-5)12-14-26(30)27-16-23(29(3)4)21-9-7-6-8-10-21/h6-15,23H,16-17H2,1-5H3,(H,27,30)/b14-12+. The first-order valence-electron chi connectivity index (χ1n) is 10.8. The Balaban J connectivity index is 1.60. The lowest BCUT2D eigenvalue weighted by molar-refractivity contribution is -0.116. The number of nitrogens with one attached hydrogen (secondary N) is 1.